The zero-order chi connectivity index (χ0) is 14.9. The number of anilines is 1. The number of methoxy groups -OCH3 is 1. The van der Waals surface area contributed by atoms with Gasteiger partial charge in [0.05, 0.1) is 17.2 Å². The third kappa shape index (κ3) is 3.01. The first-order chi connectivity index (χ1) is 9.42. The molecule has 0 aliphatic carbocycles. The van der Waals surface area contributed by atoms with Gasteiger partial charge in [0.1, 0.15) is 5.75 Å². The zero-order valence-corrected chi connectivity index (χ0v) is 12.7. The number of benzene rings is 2. The number of hydrogen-bond donors (Lipinski definition) is 1. The maximum Gasteiger partial charge on any atom is 0.194 e. The van der Waals surface area contributed by atoms with Gasteiger partial charge in [-0.05, 0) is 24.3 Å². The second-order valence-corrected chi connectivity index (χ2v) is 5.32. The lowest BCUT2D eigenvalue weighted by Crippen LogP contribution is -2.04. The van der Waals surface area contributed by atoms with Crippen molar-refractivity contribution in [3.63, 3.8) is 0 Å². The van der Waals surface area contributed by atoms with Crippen molar-refractivity contribution in [2.45, 2.75) is 0 Å². The minimum absolute atomic E-state index is 0.245. The maximum absolute atomic E-state index is 12.4. The van der Waals surface area contributed by atoms with Crippen LogP contribution < -0.4 is 10.5 Å². The van der Waals surface area contributed by atoms with Crippen molar-refractivity contribution < 1.29 is 9.53 Å². The van der Waals surface area contributed by atoms with Crippen molar-refractivity contribution >= 4 is 46.3 Å². The fourth-order valence-corrected chi connectivity index (χ4v) is 2.48. The van der Waals surface area contributed by atoms with Gasteiger partial charge >= 0.3 is 0 Å². The van der Waals surface area contributed by atoms with Crippen molar-refractivity contribution in [1.29, 1.82) is 0 Å². The third-order valence-electron chi connectivity index (χ3n) is 2.67. The molecule has 0 bridgehead atoms. The van der Waals surface area contributed by atoms with E-state index >= 15 is 0 Å². The quantitative estimate of drug-likeness (QED) is 0.667. The monoisotopic (exact) mass is 329 g/mol. The molecule has 0 amide bonds. The Balaban J connectivity index is 2.50. The molecule has 2 rings (SSSR count). The predicted molar refractivity (Wildman–Crippen MR) is 82.3 cm³/mol. The molecule has 0 atom stereocenters. The van der Waals surface area contributed by atoms with Gasteiger partial charge in [-0.1, -0.05) is 34.8 Å². The molecular formula is C14H10Cl3NO2. The number of ether oxygens (including phenoxy) is 1. The molecule has 104 valence electrons. The highest BCUT2D eigenvalue weighted by atomic mass is 35.5. The minimum atomic E-state index is -0.311. The van der Waals surface area contributed by atoms with Crippen molar-refractivity contribution in [2.75, 3.05) is 12.8 Å². The molecule has 0 saturated carbocycles. The van der Waals surface area contributed by atoms with E-state index in [0.717, 1.165) is 0 Å². The molecule has 0 heterocycles. The zero-order valence-electron chi connectivity index (χ0n) is 10.4. The lowest BCUT2D eigenvalue weighted by Gasteiger charge is -2.09. The second-order valence-electron chi connectivity index (χ2n) is 4.07. The minimum Gasteiger partial charge on any atom is -0.495 e. The van der Waals surface area contributed by atoms with Crippen molar-refractivity contribution in [1.82, 2.24) is 0 Å². The third-order valence-corrected chi connectivity index (χ3v) is 3.49. The van der Waals surface area contributed by atoms with Crippen molar-refractivity contribution in [3.8, 4) is 5.75 Å². The molecule has 6 heteroatoms. The highest BCUT2D eigenvalue weighted by Gasteiger charge is 2.17. The molecule has 0 spiro atoms. The molecule has 2 aromatic carbocycles. The summed E-state index contributed by atoms with van der Waals surface area (Å²) in [6.07, 6.45) is 0. The highest BCUT2D eigenvalue weighted by molar-refractivity contribution is 6.38. The summed E-state index contributed by atoms with van der Waals surface area (Å²) in [5.74, 6) is 0.0903. The molecule has 0 fully saturated rings. The van der Waals surface area contributed by atoms with Gasteiger partial charge in [-0.25, -0.2) is 0 Å². The molecule has 0 radical (unpaired) electrons. The number of ketones is 1. The summed E-state index contributed by atoms with van der Waals surface area (Å²) in [6.45, 7) is 0. The highest BCUT2D eigenvalue weighted by Crippen LogP contribution is 2.32. The second kappa shape index (κ2) is 5.92. The first-order valence-corrected chi connectivity index (χ1v) is 6.69. The Bertz CT molecular complexity index is 666. The van der Waals surface area contributed by atoms with Crippen molar-refractivity contribution in [2.24, 2.45) is 0 Å². The van der Waals surface area contributed by atoms with E-state index in [1.54, 1.807) is 6.07 Å². The van der Waals surface area contributed by atoms with Crippen LogP contribution in [0.2, 0.25) is 15.1 Å². The van der Waals surface area contributed by atoms with Crippen LogP contribution >= 0.6 is 34.8 Å². The van der Waals surface area contributed by atoms with E-state index in [0.29, 0.717) is 27.0 Å². The summed E-state index contributed by atoms with van der Waals surface area (Å²) in [5.41, 5.74) is 6.68. The van der Waals surface area contributed by atoms with Crippen LogP contribution in [-0.2, 0) is 0 Å². The summed E-state index contributed by atoms with van der Waals surface area (Å²) < 4.78 is 5.04. The number of nitrogens with two attached hydrogens (primary N) is 1. The molecule has 20 heavy (non-hydrogen) atoms. The summed E-state index contributed by atoms with van der Waals surface area (Å²) in [5, 5.41) is 0.925. The van der Waals surface area contributed by atoms with Crippen LogP contribution in [-0.4, -0.2) is 12.9 Å². The number of hydrogen-bond acceptors (Lipinski definition) is 3. The van der Waals surface area contributed by atoms with Gasteiger partial charge in [-0.3, -0.25) is 4.79 Å². The van der Waals surface area contributed by atoms with Crippen LogP contribution in [0.15, 0.2) is 30.3 Å². The molecule has 0 aromatic heterocycles. The fourth-order valence-electron chi connectivity index (χ4n) is 1.76. The Morgan fingerprint density at radius 2 is 1.75 bits per heavy atom. The summed E-state index contributed by atoms with van der Waals surface area (Å²) in [6, 6.07) is 7.56. The average molecular weight is 331 g/mol. The molecule has 2 aromatic rings. The Labute approximate surface area is 131 Å². The molecular weight excluding hydrogens is 321 g/mol. The van der Waals surface area contributed by atoms with Crippen LogP contribution in [0.1, 0.15) is 15.9 Å². The lowest BCUT2D eigenvalue weighted by molar-refractivity contribution is 0.103. The standard InChI is InChI=1S/C14H10Cl3NO2/c1-20-13-6-11(16)10(5-12(13)17)14(19)7-2-8(15)4-9(18)3-7/h2-6H,18H2,1H3. The van der Waals surface area contributed by atoms with Gasteiger partial charge in [-0.15, -0.1) is 0 Å². The van der Waals surface area contributed by atoms with Gasteiger partial charge in [0.2, 0.25) is 0 Å². The number of rotatable bonds is 3. The largest absolute Gasteiger partial charge is 0.495 e. The Hall–Kier alpha value is -1.42. The number of halogens is 3. The Morgan fingerprint density at radius 3 is 2.35 bits per heavy atom. The molecule has 2 N–H and O–H groups in total. The van der Waals surface area contributed by atoms with Gasteiger partial charge < -0.3 is 10.5 Å². The molecule has 0 saturated heterocycles. The number of carbonyl (C=O) groups excluding carboxylic acids is 1. The lowest BCUT2D eigenvalue weighted by atomic mass is 10.0. The van der Waals surface area contributed by atoms with E-state index in [9.17, 15) is 4.79 Å². The van der Waals surface area contributed by atoms with Gasteiger partial charge in [0.15, 0.2) is 5.78 Å². The molecule has 0 unspecified atom stereocenters. The maximum atomic E-state index is 12.4. The van der Waals surface area contributed by atoms with E-state index in [-0.39, 0.29) is 16.4 Å². The molecule has 0 aliphatic rings. The SMILES string of the molecule is COc1cc(Cl)c(C(=O)c2cc(N)cc(Cl)c2)cc1Cl. The average Bonchev–Trinajstić information content (AvgIpc) is 2.39. The Morgan fingerprint density at radius 1 is 1.05 bits per heavy atom. The van der Waals surface area contributed by atoms with Crippen LogP contribution in [0.5, 0.6) is 5.75 Å². The summed E-state index contributed by atoms with van der Waals surface area (Å²) in [4.78, 5) is 12.4. The van der Waals surface area contributed by atoms with Crippen LogP contribution in [0.4, 0.5) is 5.69 Å². The van der Waals surface area contributed by atoms with E-state index < -0.39 is 0 Å². The summed E-state index contributed by atoms with van der Waals surface area (Å²) >= 11 is 18.0. The van der Waals surface area contributed by atoms with Gasteiger partial charge in [0.25, 0.3) is 0 Å². The van der Waals surface area contributed by atoms with Gasteiger partial charge in [0, 0.05) is 27.9 Å². The first kappa shape index (κ1) is 15.0. The van der Waals surface area contributed by atoms with E-state index in [4.69, 9.17) is 45.3 Å². The van der Waals surface area contributed by atoms with E-state index in [1.165, 1.54) is 31.4 Å². The smallest absolute Gasteiger partial charge is 0.194 e. The fraction of sp³-hybridized carbons (Fsp3) is 0.0714. The van der Waals surface area contributed by atoms with E-state index in [1.807, 2.05) is 0 Å². The normalized spacial score (nSPS) is 10.4. The van der Waals surface area contributed by atoms with Crippen LogP contribution in [0.3, 0.4) is 0 Å². The van der Waals surface area contributed by atoms with Gasteiger partial charge in [-0.2, -0.15) is 0 Å². The molecule has 0 aliphatic heterocycles. The number of nitrogen functional groups attached to an aromatic ring is 1. The predicted octanol–water partition coefficient (Wildman–Crippen LogP) is 4.47. The van der Waals surface area contributed by atoms with Crippen molar-refractivity contribution in [3.05, 3.63) is 56.5 Å². The first-order valence-electron chi connectivity index (χ1n) is 5.56. The van der Waals surface area contributed by atoms with Crippen LogP contribution in [0, 0.1) is 0 Å². The summed E-state index contributed by atoms with van der Waals surface area (Å²) in [7, 11) is 1.47. The molecule has 3 nitrogen and oxygen atoms in total. The van der Waals surface area contributed by atoms with Crippen LogP contribution in [0.25, 0.3) is 0 Å². The topological polar surface area (TPSA) is 52.3 Å². The Kier molecular flexibility index (Phi) is 4.43. The number of carbonyl (C=O) groups is 1. The van der Waals surface area contributed by atoms with E-state index in [2.05, 4.69) is 0 Å².